The second-order valence-corrected chi connectivity index (χ2v) is 4.86. The lowest BCUT2D eigenvalue weighted by Gasteiger charge is -2.23. The molecule has 0 aromatic carbocycles. The summed E-state index contributed by atoms with van der Waals surface area (Å²) in [6, 6.07) is 0.508. The van der Waals surface area contributed by atoms with Gasteiger partial charge in [-0.15, -0.1) is 0 Å². The highest BCUT2D eigenvalue weighted by atomic mass is 15.2. The summed E-state index contributed by atoms with van der Waals surface area (Å²) < 4.78 is 0. The Labute approximate surface area is 89.6 Å². The van der Waals surface area contributed by atoms with Gasteiger partial charge in [-0.3, -0.25) is 11.3 Å². The van der Waals surface area contributed by atoms with E-state index in [-0.39, 0.29) is 0 Å². The molecule has 0 saturated carbocycles. The molecule has 2 atom stereocenters. The first-order valence-electron chi connectivity index (χ1n) is 6.07. The van der Waals surface area contributed by atoms with E-state index in [4.69, 9.17) is 5.84 Å². The lowest BCUT2D eigenvalue weighted by Crippen LogP contribution is -2.39. The van der Waals surface area contributed by atoms with Gasteiger partial charge in [0.1, 0.15) is 0 Å². The molecule has 0 fully saturated rings. The summed E-state index contributed by atoms with van der Waals surface area (Å²) in [4.78, 5) is 0. The highest BCUT2D eigenvalue weighted by molar-refractivity contribution is 4.70. The van der Waals surface area contributed by atoms with Crippen LogP contribution in [0.2, 0.25) is 0 Å². The van der Waals surface area contributed by atoms with Crippen molar-refractivity contribution >= 4 is 0 Å². The van der Waals surface area contributed by atoms with Gasteiger partial charge in [0.05, 0.1) is 0 Å². The number of hydrazine groups is 1. The average molecular weight is 200 g/mol. The molecule has 0 rings (SSSR count). The zero-order valence-corrected chi connectivity index (χ0v) is 10.3. The zero-order valence-electron chi connectivity index (χ0n) is 10.3. The number of rotatable bonds is 8. The summed E-state index contributed by atoms with van der Waals surface area (Å²) in [5, 5.41) is 0. The van der Waals surface area contributed by atoms with E-state index in [1.54, 1.807) is 0 Å². The molecular weight excluding hydrogens is 172 g/mol. The maximum absolute atomic E-state index is 5.57. The van der Waals surface area contributed by atoms with Crippen LogP contribution in [0.25, 0.3) is 0 Å². The van der Waals surface area contributed by atoms with E-state index in [9.17, 15) is 0 Å². The fourth-order valence-corrected chi connectivity index (χ4v) is 1.93. The van der Waals surface area contributed by atoms with Crippen LogP contribution < -0.4 is 11.3 Å². The van der Waals surface area contributed by atoms with Gasteiger partial charge in [0.25, 0.3) is 0 Å². The van der Waals surface area contributed by atoms with Crippen molar-refractivity contribution in [1.82, 2.24) is 5.43 Å². The third-order valence-corrected chi connectivity index (χ3v) is 2.94. The minimum absolute atomic E-state index is 0.508. The summed E-state index contributed by atoms with van der Waals surface area (Å²) in [5.74, 6) is 7.09. The van der Waals surface area contributed by atoms with Crippen LogP contribution in [0.4, 0.5) is 0 Å². The lowest BCUT2D eigenvalue weighted by molar-refractivity contribution is 0.326. The van der Waals surface area contributed by atoms with E-state index in [0.717, 1.165) is 5.92 Å². The monoisotopic (exact) mass is 200 g/mol. The van der Waals surface area contributed by atoms with Crippen molar-refractivity contribution in [3.63, 3.8) is 0 Å². The SMILES string of the molecule is CCCC(C)C(CCCC(C)C)NN. The second kappa shape index (κ2) is 8.25. The molecule has 0 bridgehead atoms. The Balaban J connectivity index is 3.66. The first-order chi connectivity index (χ1) is 6.61. The van der Waals surface area contributed by atoms with Crippen molar-refractivity contribution in [1.29, 1.82) is 0 Å². The van der Waals surface area contributed by atoms with Crippen LogP contribution in [-0.4, -0.2) is 6.04 Å². The molecule has 2 heteroatoms. The van der Waals surface area contributed by atoms with E-state index < -0.39 is 0 Å². The van der Waals surface area contributed by atoms with Gasteiger partial charge in [-0.1, -0.05) is 47.0 Å². The number of hydrogen-bond donors (Lipinski definition) is 2. The van der Waals surface area contributed by atoms with Gasteiger partial charge >= 0.3 is 0 Å². The van der Waals surface area contributed by atoms with Crippen LogP contribution in [0.5, 0.6) is 0 Å². The molecule has 0 aromatic rings. The van der Waals surface area contributed by atoms with Crippen LogP contribution in [0, 0.1) is 11.8 Å². The summed E-state index contributed by atoms with van der Waals surface area (Å²) in [6.07, 6.45) is 6.35. The highest BCUT2D eigenvalue weighted by Crippen LogP contribution is 2.16. The molecule has 0 heterocycles. The molecule has 3 N–H and O–H groups in total. The molecule has 0 aliphatic rings. The molecule has 0 aromatic heterocycles. The quantitative estimate of drug-likeness (QED) is 0.467. The molecule has 0 amide bonds. The molecule has 86 valence electrons. The van der Waals surface area contributed by atoms with Crippen molar-refractivity contribution < 1.29 is 0 Å². The third kappa shape index (κ3) is 6.39. The van der Waals surface area contributed by atoms with E-state index in [2.05, 4.69) is 33.1 Å². The Morgan fingerprint density at radius 2 is 1.71 bits per heavy atom. The number of hydrogen-bond acceptors (Lipinski definition) is 2. The van der Waals surface area contributed by atoms with E-state index in [0.29, 0.717) is 12.0 Å². The second-order valence-electron chi connectivity index (χ2n) is 4.86. The van der Waals surface area contributed by atoms with Crippen LogP contribution in [0.1, 0.15) is 59.8 Å². The summed E-state index contributed by atoms with van der Waals surface area (Å²) in [7, 11) is 0. The molecule has 2 nitrogen and oxygen atoms in total. The maximum Gasteiger partial charge on any atom is 0.0236 e. The Morgan fingerprint density at radius 1 is 1.07 bits per heavy atom. The van der Waals surface area contributed by atoms with Gasteiger partial charge in [-0.25, -0.2) is 0 Å². The topological polar surface area (TPSA) is 38.0 Å². The molecule has 14 heavy (non-hydrogen) atoms. The van der Waals surface area contributed by atoms with Gasteiger partial charge in [0, 0.05) is 6.04 Å². The van der Waals surface area contributed by atoms with Gasteiger partial charge < -0.3 is 0 Å². The molecule has 0 spiro atoms. The predicted molar refractivity (Wildman–Crippen MR) is 63.9 cm³/mol. The molecule has 0 aliphatic heterocycles. The van der Waals surface area contributed by atoms with Crippen molar-refractivity contribution in [2.75, 3.05) is 0 Å². The largest absolute Gasteiger partial charge is 0.271 e. The van der Waals surface area contributed by atoms with Crippen LogP contribution in [0.15, 0.2) is 0 Å². The minimum atomic E-state index is 0.508. The Kier molecular flexibility index (Phi) is 8.20. The van der Waals surface area contributed by atoms with E-state index >= 15 is 0 Å². The smallest absolute Gasteiger partial charge is 0.0236 e. The molecule has 0 radical (unpaired) electrons. The van der Waals surface area contributed by atoms with Gasteiger partial charge in [0.15, 0.2) is 0 Å². The number of nitrogens with one attached hydrogen (secondary N) is 1. The van der Waals surface area contributed by atoms with E-state index in [1.807, 2.05) is 0 Å². The lowest BCUT2D eigenvalue weighted by atomic mass is 9.92. The molecule has 2 unspecified atom stereocenters. The summed E-state index contributed by atoms with van der Waals surface area (Å²) >= 11 is 0. The first-order valence-corrected chi connectivity index (χ1v) is 6.07. The van der Waals surface area contributed by atoms with E-state index in [1.165, 1.54) is 32.1 Å². The first kappa shape index (κ1) is 13.9. The van der Waals surface area contributed by atoms with Crippen LogP contribution in [-0.2, 0) is 0 Å². The van der Waals surface area contributed by atoms with Crippen molar-refractivity contribution in [2.24, 2.45) is 17.7 Å². The van der Waals surface area contributed by atoms with Crippen molar-refractivity contribution in [3.05, 3.63) is 0 Å². The predicted octanol–water partition coefficient (Wildman–Crippen LogP) is 3.08. The van der Waals surface area contributed by atoms with Crippen molar-refractivity contribution in [2.45, 2.75) is 65.8 Å². The van der Waals surface area contributed by atoms with Gasteiger partial charge in [0.2, 0.25) is 0 Å². The summed E-state index contributed by atoms with van der Waals surface area (Å²) in [6.45, 7) is 9.09. The zero-order chi connectivity index (χ0) is 11.0. The fourth-order valence-electron chi connectivity index (χ4n) is 1.93. The maximum atomic E-state index is 5.57. The normalized spacial score (nSPS) is 15.9. The van der Waals surface area contributed by atoms with Gasteiger partial charge in [-0.05, 0) is 24.7 Å². The standard InChI is InChI=1S/C12H28N2/c1-5-7-11(4)12(14-13)9-6-8-10(2)3/h10-12,14H,5-9,13H2,1-4H3. The average Bonchev–Trinajstić information content (AvgIpc) is 2.12. The molecule has 0 saturated heterocycles. The van der Waals surface area contributed by atoms with Crippen LogP contribution in [0.3, 0.4) is 0 Å². The Hall–Kier alpha value is -0.0800. The summed E-state index contributed by atoms with van der Waals surface area (Å²) in [5.41, 5.74) is 2.96. The third-order valence-electron chi connectivity index (χ3n) is 2.94. The molecule has 0 aliphatic carbocycles. The fraction of sp³-hybridized carbons (Fsp3) is 1.00. The highest BCUT2D eigenvalue weighted by Gasteiger charge is 2.14. The van der Waals surface area contributed by atoms with Crippen LogP contribution >= 0.6 is 0 Å². The Bertz CT molecular complexity index is 123. The molecular formula is C12H28N2. The van der Waals surface area contributed by atoms with Gasteiger partial charge in [-0.2, -0.15) is 0 Å². The Morgan fingerprint density at radius 3 is 2.14 bits per heavy atom. The number of nitrogens with two attached hydrogens (primary N) is 1. The van der Waals surface area contributed by atoms with Crippen molar-refractivity contribution in [3.8, 4) is 0 Å². The minimum Gasteiger partial charge on any atom is -0.271 e.